The first-order chi connectivity index (χ1) is 11.9. The SMILES string of the molecule is Cc1ccc(NC(=O)NNC(=O)Cc2ccccc2[N+](=O)[O-])c(C)c1. The fraction of sp³-hybridized carbons (Fsp3) is 0.176. The van der Waals surface area contributed by atoms with Gasteiger partial charge in [-0.15, -0.1) is 0 Å². The van der Waals surface area contributed by atoms with Crippen molar-refractivity contribution in [3.05, 3.63) is 69.3 Å². The van der Waals surface area contributed by atoms with E-state index in [0.717, 1.165) is 11.1 Å². The van der Waals surface area contributed by atoms with Crippen LogP contribution in [0.5, 0.6) is 0 Å². The lowest BCUT2D eigenvalue weighted by atomic mass is 10.1. The minimum Gasteiger partial charge on any atom is -0.306 e. The monoisotopic (exact) mass is 342 g/mol. The summed E-state index contributed by atoms with van der Waals surface area (Å²) in [6, 6.07) is 10.9. The quantitative estimate of drug-likeness (QED) is 0.585. The Bertz CT molecular complexity index is 820. The first-order valence-electron chi connectivity index (χ1n) is 7.52. The highest BCUT2D eigenvalue weighted by molar-refractivity contribution is 5.92. The number of nitro benzene ring substituents is 1. The fourth-order valence-corrected chi connectivity index (χ4v) is 2.29. The Kier molecular flexibility index (Phi) is 5.67. The Morgan fingerprint density at radius 1 is 1.08 bits per heavy atom. The van der Waals surface area contributed by atoms with E-state index in [0.29, 0.717) is 5.69 Å². The second-order valence-electron chi connectivity index (χ2n) is 5.51. The van der Waals surface area contributed by atoms with Gasteiger partial charge in [-0.3, -0.25) is 20.3 Å². The summed E-state index contributed by atoms with van der Waals surface area (Å²) in [7, 11) is 0. The van der Waals surface area contributed by atoms with Crippen molar-refractivity contribution in [1.29, 1.82) is 0 Å². The van der Waals surface area contributed by atoms with E-state index in [1.807, 2.05) is 26.0 Å². The van der Waals surface area contributed by atoms with Crippen LogP contribution in [0.1, 0.15) is 16.7 Å². The highest BCUT2D eigenvalue weighted by Gasteiger charge is 2.15. The maximum Gasteiger partial charge on any atom is 0.337 e. The zero-order chi connectivity index (χ0) is 18.4. The largest absolute Gasteiger partial charge is 0.337 e. The molecular weight excluding hydrogens is 324 g/mol. The van der Waals surface area contributed by atoms with E-state index in [4.69, 9.17) is 0 Å². The minimum absolute atomic E-state index is 0.141. The molecule has 0 saturated carbocycles. The van der Waals surface area contributed by atoms with Crippen LogP contribution >= 0.6 is 0 Å². The Balaban J connectivity index is 1.89. The third kappa shape index (κ3) is 5.03. The molecule has 2 rings (SSSR count). The number of nitrogens with one attached hydrogen (secondary N) is 3. The van der Waals surface area contributed by atoms with Gasteiger partial charge in [-0.05, 0) is 25.5 Å². The van der Waals surface area contributed by atoms with Gasteiger partial charge in [-0.2, -0.15) is 0 Å². The Hall–Kier alpha value is -3.42. The van der Waals surface area contributed by atoms with E-state index >= 15 is 0 Å². The lowest BCUT2D eigenvalue weighted by Crippen LogP contribution is -2.44. The van der Waals surface area contributed by atoms with Crippen molar-refractivity contribution >= 4 is 23.3 Å². The number of nitro groups is 1. The molecule has 0 heterocycles. The number of amides is 3. The number of hydrogen-bond donors (Lipinski definition) is 3. The van der Waals surface area contributed by atoms with Crippen LogP contribution in [0.4, 0.5) is 16.2 Å². The normalized spacial score (nSPS) is 10.0. The molecule has 25 heavy (non-hydrogen) atoms. The van der Waals surface area contributed by atoms with Crippen LogP contribution in [0.15, 0.2) is 42.5 Å². The molecular formula is C17H18N4O4. The van der Waals surface area contributed by atoms with Gasteiger partial charge in [0.05, 0.1) is 11.3 Å². The number of hydrogen-bond acceptors (Lipinski definition) is 4. The van der Waals surface area contributed by atoms with Crippen molar-refractivity contribution in [3.63, 3.8) is 0 Å². The van der Waals surface area contributed by atoms with Crippen molar-refractivity contribution in [3.8, 4) is 0 Å². The summed E-state index contributed by atoms with van der Waals surface area (Å²) in [4.78, 5) is 34.1. The number of hydrazine groups is 1. The number of carbonyl (C=O) groups is 2. The van der Waals surface area contributed by atoms with E-state index in [2.05, 4.69) is 16.2 Å². The van der Waals surface area contributed by atoms with E-state index in [-0.39, 0.29) is 17.7 Å². The molecule has 0 aliphatic heterocycles. The molecule has 2 aromatic rings. The van der Waals surface area contributed by atoms with Crippen LogP contribution in [0.25, 0.3) is 0 Å². The molecule has 0 aromatic heterocycles. The molecule has 130 valence electrons. The number of aryl methyl sites for hydroxylation is 2. The number of carbonyl (C=O) groups excluding carboxylic acids is 2. The number of anilines is 1. The Labute approximate surface area is 144 Å². The zero-order valence-electron chi connectivity index (χ0n) is 13.8. The average Bonchev–Trinajstić information content (AvgIpc) is 2.56. The van der Waals surface area contributed by atoms with Gasteiger partial charge < -0.3 is 5.32 Å². The number of rotatable bonds is 4. The molecule has 0 bridgehead atoms. The van der Waals surface area contributed by atoms with Crippen LogP contribution < -0.4 is 16.2 Å². The van der Waals surface area contributed by atoms with Gasteiger partial charge in [0.1, 0.15) is 0 Å². The van der Waals surface area contributed by atoms with E-state index in [1.165, 1.54) is 18.2 Å². The molecule has 0 unspecified atom stereocenters. The molecule has 8 heteroatoms. The average molecular weight is 342 g/mol. The summed E-state index contributed by atoms with van der Waals surface area (Å²) in [6.07, 6.45) is -0.221. The molecule has 0 saturated heterocycles. The molecule has 0 radical (unpaired) electrons. The topological polar surface area (TPSA) is 113 Å². The van der Waals surface area contributed by atoms with Gasteiger partial charge in [-0.25, -0.2) is 10.2 Å². The number of benzene rings is 2. The second kappa shape index (κ2) is 7.91. The lowest BCUT2D eigenvalue weighted by molar-refractivity contribution is -0.385. The highest BCUT2D eigenvalue weighted by atomic mass is 16.6. The third-order valence-corrected chi connectivity index (χ3v) is 3.48. The summed E-state index contributed by atoms with van der Waals surface area (Å²) < 4.78 is 0. The first kappa shape index (κ1) is 17.9. The van der Waals surface area contributed by atoms with Crippen molar-refractivity contribution in [2.75, 3.05) is 5.32 Å². The van der Waals surface area contributed by atoms with Crippen LogP contribution in [-0.2, 0) is 11.2 Å². The predicted octanol–water partition coefficient (Wildman–Crippen LogP) is 2.61. The van der Waals surface area contributed by atoms with Crippen LogP contribution in [-0.4, -0.2) is 16.9 Å². The number of nitrogens with zero attached hydrogens (tertiary/aromatic N) is 1. The van der Waals surface area contributed by atoms with Crippen molar-refractivity contribution in [1.82, 2.24) is 10.9 Å². The predicted molar refractivity (Wildman–Crippen MR) is 93.0 cm³/mol. The molecule has 0 fully saturated rings. The van der Waals surface area contributed by atoms with Gasteiger partial charge in [0.15, 0.2) is 0 Å². The van der Waals surface area contributed by atoms with Crippen molar-refractivity contribution < 1.29 is 14.5 Å². The standard InChI is InChI=1S/C17H18N4O4/c1-11-7-8-14(12(2)9-11)18-17(23)20-19-16(22)10-13-5-3-4-6-15(13)21(24)25/h3-9H,10H2,1-2H3,(H,19,22)(H2,18,20,23). The lowest BCUT2D eigenvalue weighted by Gasteiger charge is -2.11. The molecule has 3 N–H and O–H groups in total. The molecule has 2 aromatic carbocycles. The Morgan fingerprint density at radius 3 is 2.48 bits per heavy atom. The van der Waals surface area contributed by atoms with E-state index in [9.17, 15) is 19.7 Å². The van der Waals surface area contributed by atoms with Crippen molar-refractivity contribution in [2.45, 2.75) is 20.3 Å². The smallest absolute Gasteiger partial charge is 0.306 e. The first-order valence-corrected chi connectivity index (χ1v) is 7.52. The Morgan fingerprint density at radius 2 is 1.80 bits per heavy atom. The maximum absolute atomic E-state index is 11.9. The van der Waals surface area contributed by atoms with Gasteiger partial charge in [0, 0.05) is 17.3 Å². The minimum atomic E-state index is -0.608. The molecule has 0 aliphatic rings. The summed E-state index contributed by atoms with van der Waals surface area (Å²) >= 11 is 0. The van der Waals surface area contributed by atoms with Crippen LogP contribution in [0.2, 0.25) is 0 Å². The highest BCUT2D eigenvalue weighted by Crippen LogP contribution is 2.18. The summed E-state index contributed by atoms with van der Waals surface area (Å²) in [5.41, 5.74) is 7.15. The molecule has 8 nitrogen and oxygen atoms in total. The maximum atomic E-state index is 11.9. The van der Waals surface area contributed by atoms with Gasteiger partial charge in [-0.1, -0.05) is 35.9 Å². The van der Waals surface area contributed by atoms with Gasteiger partial charge in [0.2, 0.25) is 5.91 Å². The number of urea groups is 1. The van der Waals surface area contributed by atoms with Gasteiger partial charge >= 0.3 is 6.03 Å². The summed E-state index contributed by atoms with van der Waals surface area (Å²) in [5.74, 6) is -0.565. The molecule has 3 amide bonds. The van der Waals surface area contributed by atoms with E-state index in [1.54, 1.807) is 12.1 Å². The summed E-state index contributed by atoms with van der Waals surface area (Å²) in [5, 5.41) is 13.5. The molecule has 0 aliphatic carbocycles. The zero-order valence-corrected chi connectivity index (χ0v) is 13.8. The van der Waals surface area contributed by atoms with Crippen LogP contribution in [0.3, 0.4) is 0 Å². The third-order valence-electron chi connectivity index (χ3n) is 3.48. The van der Waals surface area contributed by atoms with Crippen molar-refractivity contribution in [2.24, 2.45) is 0 Å². The number of para-hydroxylation sites is 1. The second-order valence-corrected chi connectivity index (χ2v) is 5.51. The summed E-state index contributed by atoms with van der Waals surface area (Å²) in [6.45, 7) is 3.80. The fourth-order valence-electron chi connectivity index (χ4n) is 2.29. The van der Waals surface area contributed by atoms with Crippen LogP contribution in [0, 0.1) is 24.0 Å². The van der Waals surface area contributed by atoms with E-state index < -0.39 is 16.9 Å². The molecule has 0 spiro atoms. The van der Waals surface area contributed by atoms with Gasteiger partial charge in [0.25, 0.3) is 5.69 Å². The molecule has 0 atom stereocenters.